The second kappa shape index (κ2) is 7.04. The number of hydrogen-bond donors (Lipinski definition) is 1. The maximum absolute atomic E-state index is 12.2. The van der Waals surface area contributed by atoms with Crippen LogP contribution in [0.3, 0.4) is 0 Å². The van der Waals surface area contributed by atoms with Crippen LogP contribution in [0.15, 0.2) is 41.8 Å². The number of hydrogen-bond acceptors (Lipinski definition) is 3. The van der Waals surface area contributed by atoms with Crippen molar-refractivity contribution in [3.8, 4) is 0 Å². The second-order valence-corrected chi connectivity index (χ2v) is 5.43. The maximum atomic E-state index is 12.2. The molecule has 1 heterocycles. The van der Waals surface area contributed by atoms with Crippen LogP contribution >= 0.6 is 11.3 Å². The van der Waals surface area contributed by atoms with Crippen molar-refractivity contribution in [1.82, 2.24) is 4.90 Å². The first-order valence-corrected chi connectivity index (χ1v) is 7.77. The molecule has 0 aliphatic rings. The lowest BCUT2D eigenvalue weighted by atomic mass is 10.1. The van der Waals surface area contributed by atoms with Crippen molar-refractivity contribution in [3.63, 3.8) is 0 Å². The quantitative estimate of drug-likeness (QED) is 0.919. The zero-order valence-corrected chi connectivity index (χ0v) is 12.9. The number of nitrogens with one attached hydrogen (secondary N) is 1. The number of carbonyl (C=O) groups excluding carboxylic acids is 2. The third-order valence-electron chi connectivity index (χ3n) is 3.19. The smallest absolute Gasteiger partial charge is 0.265 e. The molecule has 0 fully saturated rings. The van der Waals surface area contributed by atoms with Crippen molar-refractivity contribution < 1.29 is 9.59 Å². The van der Waals surface area contributed by atoms with Gasteiger partial charge in [0.15, 0.2) is 0 Å². The number of amides is 2. The van der Waals surface area contributed by atoms with E-state index in [0.29, 0.717) is 29.2 Å². The first-order chi connectivity index (χ1) is 10.2. The van der Waals surface area contributed by atoms with Crippen molar-refractivity contribution in [2.45, 2.75) is 13.8 Å². The van der Waals surface area contributed by atoms with Gasteiger partial charge in [0, 0.05) is 24.3 Å². The van der Waals surface area contributed by atoms with Gasteiger partial charge in [0.2, 0.25) is 0 Å². The topological polar surface area (TPSA) is 49.4 Å². The van der Waals surface area contributed by atoms with Gasteiger partial charge in [-0.3, -0.25) is 9.59 Å². The molecule has 4 nitrogen and oxygen atoms in total. The summed E-state index contributed by atoms with van der Waals surface area (Å²) >= 11 is 1.40. The Labute approximate surface area is 128 Å². The minimum Gasteiger partial charge on any atom is -0.339 e. The van der Waals surface area contributed by atoms with Gasteiger partial charge in [-0.15, -0.1) is 11.3 Å². The average molecular weight is 302 g/mol. The average Bonchev–Trinajstić information content (AvgIpc) is 3.03. The van der Waals surface area contributed by atoms with E-state index >= 15 is 0 Å². The predicted octanol–water partition coefficient (Wildman–Crippen LogP) is 3.48. The number of nitrogens with zero attached hydrogens (tertiary/aromatic N) is 1. The molecule has 110 valence electrons. The molecular weight excluding hydrogens is 284 g/mol. The summed E-state index contributed by atoms with van der Waals surface area (Å²) in [5.74, 6) is -0.121. The summed E-state index contributed by atoms with van der Waals surface area (Å²) in [7, 11) is 0. The van der Waals surface area contributed by atoms with Crippen LogP contribution in [0.4, 0.5) is 5.69 Å². The molecule has 0 saturated heterocycles. The van der Waals surface area contributed by atoms with Crippen LogP contribution in [-0.2, 0) is 0 Å². The molecule has 2 amide bonds. The lowest BCUT2D eigenvalue weighted by Crippen LogP contribution is -2.30. The third-order valence-corrected chi connectivity index (χ3v) is 4.05. The zero-order valence-electron chi connectivity index (χ0n) is 12.1. The first kappa shape index (κ1) is 15.3. The summed E-state index contributed by atoms with van der Waals surface area (Å²) in [4.78, 5) is 26.5. The lowest BCUT2D eigenvalue weighted by molar-refractivity contribution is 0.0773. The maximum Gasteiger partial charge on any atom is 0.265 e. The fourth-order valence-corrected chi connectivity index (χ4v) is 2.61. The molecule has 2 rings (SSSR count). The highest BCUT2D eigenvalue weighted by Crippen LogP contribution is 2.15. The SMILES string of the molecule is CCN(CC)C(=O)c1ccc(NC(=O)c2cccs2)cc1. The molecule has 21 heavy (non-hydrogen) atoms. The van der Waals surface area contributed by atoms with Gasteiger partial charge in [-0.05, 0) is 49.6 Å². The molecule has 0 aliphatic heterocycles. The van der Waals surface area contributed by atoms with Crippen LogP contribution in [0.5, 0.6) is 0 Å². The van der Waals surface area contributed by atoms with Gasteiger partial charge >= 0.3 is 0 Å². The van der Waals surface area contributed by atoms with Crippen molar-refractivity contribution in [2.75, 3.05) is 18.4 Å². The Kier molecular flexibility index (Phi) is 5.11. The summed E-state index contributed by atoms with van der Waals surface area (Å²) < 4.78 is 0. The summed E-state index contributed by atoms with van der Waals surface area (Å²) in [6.45, 7) is 5.28. The fourth-order valence-electron chi connectivity index (χ4n) is 1.99. The summed E-state index contributed by atoms with van der Waals surface area (Å²) in [6.07, 6.45) is 0. The van der Waals surface area contributed by atoms with Crippen molar-refractivity contribution in [2.24, 2.45) is 0 Å². The zero-order chi connectivity index (χ0) is 15.2. The number of carbonyl (C=O) groups is 2. The molecule has 0 unspecified atom stereocenters. The molecular formula is C16H18N2O2S. The molecule has 1 N–H and O–H groups in total. The van der Waals surface area contributed by atoms with Gasteiger partial charge in [-0.2, -0.15) is 0 Å². The van der Waals surface area contributed by atoms with E-state index in [4.69, 9.17) is 0 Å². The second-order valence-electron chi connectivity index (χ2n) is 4.49. The van der Waals surface area contributed by atoms with Gasteiger partial charge in [-0.25, -0.2) is 0 Å². The summed E-state index contributed by atoms with van der Waals surface area (Å²) in [6, 6.07) is 10.6. The molecule has 2 aromatic rings. The minimum absolute atomic E-state index is 0.0103. The van der Waals surface area contributed by atoms with Crippen LogP contribution in [0.25, 0.3) is 0 Å². The van der Waals surface area contributed by atoms with Gasteiger partial charge in [-0.1, -0.05) is 6.07 Å². The van der Waals surface area contributed by atoms with Gasteiger partial charge in [0.05, 0.1) is 4.88 Å². The Morgan fingerprint density at radius 1 is 1.10 bits per heavy atom. The molecule has 0 atom stereocenters. The van der Waals surface area contributed by atoms with Gasteiger partial charge < -0.3 is 10.2 Å². The van der Waals surface area contributed by atoms with E-state index in [1.165, 1.54) is 11.3 Å². The number of anilines is 1. The van der Waals surface area contributed by atoms with E-state index in [0.717, 1.165) is 0 Å². The monoisotopic (exact) mass is 302 g/mol. The number of benzene rings is 1. The van der Waals surface area contributed by atoms with Gasteiger partial charge in [0.1, 0.15) is 0 Å². The number of rotatable bonds is 5. The number of thiophene rings is 1. The first-order valence-electron chi connectivity index (χ1n) is 6.90. The Hall–Kier alpha value is -2.14. The van der Waals surface area contributed by atoms with E-state index < -0.39 is 0 Å². The third kappa shape index (κ3) is 3.70. The summed E-state index contributed by atoms with van der Waals surface area (Å²) in [5.41, 5.74) is 1.32. The van der Waals surface area contributed by atoms with Crippen LogP contribution in [-0.4, -0.2) is 29.8 Å². The van der Waals surface area contributed by atoms with E-state index in [1.54, 1.807) is 35.2 Å². The van der Waals surface area contributed by atoms with Crippen LogP contribution in [0.2, 0.25) is 0 Å². The normalized spacial score (nSPS) is 10.2. The Balaban J connectivity index is 2.05. The Morgan fingerprint density at radius 3 is 2.29 bits per heavy atom. The molecule has 0 radical (unpaired) electrons. The standard InChI is InChI=1S/C16H18N2O2S/c1-3-18(4-2)16(20)12-7-9-13(10-8-12)17-15(19)14-6-5-11-21-14/h5-11H,3-4H2,1-2H3,(H,17,19). The van der Waals surface area contributed by atoms with E-state index in [1.807, 2.05) is 25.3 Å². The van der Waals surface area contributed by atoms with Gasteiger partial charge in [0.25, 0.3) is 11.8 Å². The molecule has 1 aromatic heterocycles. The van der Waals surface area contributed by atoms with E-state index in [9.17, 15) is 9.59 Å². The van der Waals surface area contributed by atoms with Crippen LogP contribution in [0, 0.1) is 0 Å². The molecule has 0 bridgehead atoms. The summed E-state index contributed by atoms with van der Waals surface area (Å²) in [5, 5.41) is 4.68. The molecule has 0 saturated carbocycles. The van der Waals surface area contributed by atoms with E-state index in [2.05, 4.69) is 5.32 Å². The molecule has 1 aromatic carbocycles. The van der Waals surface area contributed by atoms with E-state index in [-0.39, 0.29) is 11.8 Å². The van der Waals surface area contributed by atoms with Crippen molar-refractivity contribution in [1.29, 1.82) is 0 Å². The largest absolute Gasteiger partial charge is 0.339 e. The predicted molar refractivity (Wildman–Crippen MR) is 86.0 cm³/mol. The van der Waals surface area contributed by atoms with Crippen LogP contribution in [0.1, 0.15) is 33.9 Å². The molecule has 0 spiro atoms. The lowest BCUT2D eigenvalue weighted by Gasteiger charge is -2.18. The Morgan fingerprint density at radius 2 is 1.76 bits per heavy atom. The Bertz CT molecular complexity index is 602. The van der Waals surface area contributed by atoms with Crippen LogP contribution < -0.4 is 5.32 Å². The minimum atomic E-state index is -0.132. The highest BCUT2D eigenvalue weighted by molar-refractivity contribution is 7.12. The molecule has 0 aliphatic carbocycles. The van der Waals surface area contributed by atoms with Crippen molar-refractivity contribution >= 4 is 28.8 Å². The highest BCUT2D eigenvalue weighted by atomic mass is 32.1. The fraction of sp³-hybridized carbons (Fsp3) is 0.250. The highest BCUT2D eigenvalue weighted by Gasteiger charge is 2.12. The molecule has 5 heteroatoms. The van der Waals surface area contributed by atoms with Crippen molar-refractivity contribution in [3.05, 3.63) is 52.2 Å².